The lowest BCUT2D eigenvalue weighted by molar-refractivity contribution is -0.141. The number of terminal acetylenes is 1. The molecule has 2 aromatic rings. The van der Waals surface area contributed by atoms with E-state index in [1.165, 1.54) is 4.90 Å². The van der Waals surface area contributed by atoms with Crippen LogP contribution in [0.1, 0.15) is 89.0 Å². The number of aliphatic hydroxyl groups is 1. The van der Waals surface area contributed by atoms with E-state index in [9.17, 15) is 19.5 Å². The Kier molecular flexibility index (Phi) is 13.4. The van der Waals surface area contributed by atoms with Crippen LogP contribution in [0.5, 0.6) is 0 Å². The second kappa shape index (κ2) is 16.4. The third-order valence-electron chi connectivity index (χ3n) is 6.56. The number of hydrogen-bond donors (Lipinski definition) is 3. The summed E-state index contributed by atoms with van der Waals surface area (Å²) in [4.78, 5) is 41.9. The first-order valence-electron chi connectivity index (χ1n) is 14.3. The summed E-state index contributed by atoms with van der Waals surface area (Å²) in [6.07, 6.45) is 10.6. The zero-order valence-electron chi connectivity index (χ0n) is 25.0. The van der Waals surface area contributed by atoms with Gasteiger partial charge in [0.1, 0.15) is 17.7 Å². The Morgan fingerprint density at radius 1 is 1.00 bits per heavy atom. The molecule has 41 heavy (non-hydrogen) atoms. The van der Waals surface area contributed by atoms with Crippen molar-refractivity contribution in [3.63, 3.8) is 0 Å². The maximum atomic E-state index is 14.0. The minimum Gasteiger partial charge on any atom is -0.444 e. The summed E-state index contributed by atoms with van der Waals surface area (Å²) in [5.74, 6) is 1.57. The highest BCUT2D eigenvalue weighted by atomic mass is 16.6. The Bertz CT molecular complexity index is 1180. The van der Waals surface area contributed by atoms with Gasteiger partial charge in [-0.15, -0.1) is 6.42 Å². The van der Waals surface area contributed by atoms with Gasteiger partial charge in [-0.05, 0) is 63.4 Å². The summed E-state index contributed by atoms with van der Waals surface area (Å²) >= 11 is 0. The van der Waals surface area contributed by atoms with Gasteiger partial charge in [0.2, 0.25) is 5.91 Å². The number of anilines is 1. The van der Waals surface area contributed by atoms with Crippen molar-refractivity contribution in [1.29, 1.82) is 0 Å². The van der Waals surface area contributed by atoms with Gasteiger partial charge >= 0.3 is 6.09 Å². The molecule has 0 fully saturated rings. The van der Waals surface area contributed by atoms with Crippen LogP contribution in [0, 0.1) is 19.3 Å². The molecule has 0 aliphatic heterocycles. The fourth-order valence-electron chi connectivity index (χ4n) is 4.41. The molecule has 3 N–H and O–H groups in total. The number of rotatable bonds is 14. The Morgan fingerprint density at radius 2 is 1.63 bits per heavy atom. The number of unbranched alkanes of at least 4 members (excludes halogenated alkanes) is 5. The largest absolute Gasteiger partial charge is 0.444 e. The lowest BCUT2D eigenvalue weighted by atomic mass is 10.00. The highest BCUT2D eigenvalue weighted by Gasteiger charge is 2.36. The van der Waals surface area contributed by atoms with E-state index in [2.05, 4.69) is 23.5 Å². The molecule has 0 bridgehead atoms. The van der Waals surface area contributed by atoms with Gasteiger partial charge in [0.05, 0.1) is 6.61 Å². The normalized spacial score (nSPS) is 12.5. The topological polar surface area (TPSA) is 108 Å². The van der Waals surface area contributed by atoms with Crippen LogP contribution in [0.3, 0.4) is 0 Å². The summed E-state index contributed by atoms with van der Waals surface area (Å²) in [6.45, 7) is 8.75. The minimum absolute atomic E-state index is 0.250. The highest BCUT2D eigenvalue weighted by Crippen LogP contribution is 2.26. The first kappa shape index (κ1) is 33.4. The summed E-state index contributed by atoms with van der Waals surface area (Å²) in [5, 5.41) is 15.6. The van der Waals surface area contributed by atoms with Crippen molar-refractivity contribution in [2.45, 2.75) is 90.8 Å². The summed E-state index contributed by atoms with van der Waals surface area (Å²) < 4.78 is 5.32. The van der Waals surface area contributed by atoms with Gasteiger partial charge in [-0.25, -0.2) is 4.79 Å². The van der Waals surface area contributed by atoms with Crippen LogP contribution in [0.4, 0.5) is 10.5 Å². The fourth-order valence-corrected chi connectivity index (χ4v) is 4.41. The standard InChI is InChI=1S/C33H45N3O5/c1-7-9-10-11-12-15-22-36(31(39)28(23-37)35-32(40)41-33(4,5)6)29(26-20-18-25(8-2)19-21-26)30(38)34-27-17-14-13-16-24(27)3/h2,13-14,16-21,28-29,37H,7,9-12,15,22-23H2,1,3-6H3,(H,34,38)(H,35,40). The molecule has 0 saturated carbocycles. The Balaban J connectivity index is 2.47. The first-order chi connectivity index (χ1) is 19.5. The number of ether oxygens (including phenoxy) is 1. The monoisotopic (exact) mass is 563 g/mol. The molecule has 222 valence electrons. The second-order valence-corrected chi connectivity index (χ2v) is 11.2. The number of benzene rings is 2. The number of aliphatic hydroxyl groups excluding tert-OH is 1. The van der Waals surface area contributed by atoms with Crippen LogP contribution in [0.25, 0.3) is 0 Å². The number of hydrogen-bond acceptors (Lipinski definition) is 5. The van der Waals surface area contributed by atoms with Crippen molar-refractivity contribution >= 4 is 23.6 Å². The molecule has 0 spiro atoms. The van der Waals surface area contributed by atoms with Gasteiger partial charge in [0, 0.05) is 17.8 Å². The molecule has 0 aromatic heterocycles. The molecule has 0 radical (unpaired) electrons. The van der Waals surface area contributed by atoms with Gasteiger partial charge < -0.3 is 25.4 Å². The van der Waals surface area contributed by atoms with Gasteiger partial charge in [0.15, 0.2) is 0 Å². The third-order valence-corrected chi connectivity index (χ3v) is 6.56. The molecule has 0 saturated heterocycles. The maximum absolute atomic E-state index is 14.0. The number of amides is 3. The first-order valence-corrected chi connectivity index (χ1v) is 14.3. The van der Waals surface area contributed by atoms with Crippen LogP contribution in [0.15, 0.2) is 48.5 Å². The number of carbonyl (C=O) groups excluding carboxylic acids is 3. The van der Waals surface area contributed by atoms with E-state index in [1.54, 1.807) is 51.1 Å². The number of alkyl carbamates (subject to hydrolysis) is 1. The van der Waals surface area contributed by atoms with E-state index in [-0.39, 0.29) is 6.54 Å². The Labute approximate surface area is 244 Å². The lowest BCUT2D eigenvalue weighted by Crippen LogP contribution is -2.54. The highest BCUT2D eigenvalue weighted by molar-refractivity contribution is 5.99. The third kappa shape index (κ3) is 10.9. The van der Waals surface area contributed by atoms with Gasteiger partial charge in [-0.2, -0.15) is 0 Å². The molecule has 2 unspecified atom stereocenters. The molecule has 3 amide bonds. The smallest absolute Gasteiger partial charge is 0.408 e. The zero-order chi connectivity index (χ0) is 30.4. The molecule has 0 heterocycles. The van der Waals surface area contributed by atoms with Crippen molar-refractivity contribution in [2.24, 2.45) is 0 Å². The zero-order valence-corrected chi connectivity index (χ0v) is 25.0. The summed E-state index contributed by atoms with van der Waals surface area (Å²) in [7, 11) is 0. The molecule has 2 rings (SSSR count). The van der Waals surface area contributed by atoms with Crippen molar-refractivity contribution in [2.75, 3.05) is 18.5 Å². The quantitative estimate of drug-likeness (QED) is 0.201. The molecule has 2 atom stereocenters. The molecule has 8 heteroatoms. The predicted molar refractivity (Wildman–Crippen MR) is 162 cm³/mol. The van der Waals surface area contributed by atoms with E-state index < -0.39 is 42.2 Å². The molecule has 0 aliphatic carbocycles. The van der Waals surface area contributed by atoms with Crippen molar-refractivity contribution in [1.82, 2.24) is 10.2 Å². The molecule has 2 aromatic carbocycles. The summed E-state index contributed by atoms with van der Waals surface area (Å²) in [6, 6.07) is 11.9. The van der Waals surface area contributed by atoms with E-state index in [1.807, 2.05) is 25.1 Å². The van der Waals surface area contributed by atoms with Crippen LogP contribution >= 0.6 is 0 Å². The van der Waals surface area contributed by atoms with Gasteiger partial charge in [0.25, 0.3) is 5.91 Å². The Hall–Kier alpha value is -3.83. The van der Waals surface area contributed by atoms with Gasteiger partial charge in [-0.3, -0.25) is 9.59 Å². The number of nitrogens with zero attached hydrogens (tertiary/aromatic N) is 1. The predicted octanol–water partition coefficient (Wildman–Crippen LogP) is 5.73. The van der Waals surface area contributed by atoms with E-state index in [4.69, 9.17) is 11.2 Å². The second-order valence-electron chi connectivity index (χ2n) is 11.2. The number of para-hydroxylation sites is 1. The van der Waals surface area contributed by atoms with E-state index >= 15 is 0 Å². The molecular weight excluding hydrogens is 518 g/mol. The molecular formula is C33H45N3O5. The van der Waals surface area contributed by atoms with Crippen LogP contribution < -0.4 is 10.6 Å². The average Bonchev–Trinajstić information content (AvgIpc) is 2.93. The number of aryl methyl sites for hydroxylation is 1. The van der Waals surface area contributed by atoms with Crippen molar-refractivity contribution < 1.29 is 24.2 Å². The number of nitrogens with one attached hydrogen (secondary N) is 2. The van der Waals surface area contributed by atoms with E-state index in [0.717, 1.165) is 37.7 Å². The molecule has 8 nitrogen and oxygen atoms in total. The van der Waals surface area contributed by atoms with Gasteiger partial charge in [-0.1, -0.05) is 75.3 Å². The Morgan fingerprint density at radius 3 is 2.22 bits per heavy atom. The van der Waals surface area contributed by atoms with E-state index in [0.29, 0.717) is 23.2 Å². The number of carbonyl (C=O) groups is 3. The molecule has 0 aliphatic rings. The minimum atomic E-state index is -1.30. The fraction of sp³-hybridized carbons (Fsp3) is 0.485. The SMILES string of the molecule is C#Cc1ccc(C(C(=O)Nc2ccccc2C)N(CCCCCCCC)C(=O)C(CO)NC(=O)OC(C)(C)C)cc1. The average molecular weight is 564 g/mol. The van der Waals surface area contributed by atoms with Crippen LogP contribution in [-0.4, -0.2) is 52.7 Å². The van der Waals surface area contributed by atoms with Crippen LogP contribution in [0.2, 0.25) is 0 Å². The van der Waals surface area contributed by atoms with Crippen LogP contribution in [-0.2, 0) is 14.3 Å². The van der Waals surface area contributed by atoms with Crippen molar-refractivity contribution in [3.8, 4) is 12.3 Å². The maximum Gasteiger partial charge on any atom is 0.408 e. The van der Waals surface area contributed by atoms with Crippen molar-refractivity contribution in [3.05, 3.63) is 65.2 Å². The summed E-state index contributed by atoms with van der Waals surface area (Å²) in [5.41, 5.74) is 1.90. The lowest BCUT2D eigenvalue weighted by Gasteiger charge is -2.34.